The second-order valence-electron chi connectivity index (χ2n) is 4.24. The van der Waals surface area contributed by atoms with E-state index < -0.39 is 16.0 Å². The van der Waals surface area contributed by atoms with Crippen molar-refractivity contribution in [1.82, 2.24) is 4.72 Å². The Morgan fingerprint density at radius 3 is 2.62 bits per heavy atom. The number of halogens is 1. The highest BCUT2D eigenvalue weighted by molar-refractivity contribution is 9.10. The third-order valence-corrected chi connectivity index (χ3v) is 6.28. The Balaban J connectivity index is 2.36. The second-order valence-corrected chi connectivity index (χ2v) is 7.80. The molecule has 114 valence electrons. The molecule has 0 radical (unpaired) electrons. The van der Waals surface area contributed by atoms with E-state index in [1.54, 1.807) is 0 Å². The quantitative estimate of drug-likeness (QED) is 0.813. The van der Waals surface area contributed by atoms with Gasteiger partial charge < -0.3 is 9.52 Å². The first-order valence-corrected chi connectivity index (χ1v) is 8.94. The van der Waals surface area contributed by atoms with Gasteiger partial charge in [0.1, 0.15) is 22.0 Å². The van der Waals surface area contributed by atoms with Crippen LogP contribution in [0.15, 0.2) is 25.2 Å². The number of rotatable bonds is 5. The first-order valence-electron chi connectivity index (χ1n) is 5.79. The molecule has 9 heteroatoms. The number of carboxylic acids is 1. The molecule has 0 aromatic carbocycles. The molecule has 2 aromatic rings. The number of aromatic carboxylic acids is 1. The van der Waals surface area contributed by atoms with Gasteiger partial charge in [0.2, 0.25) is 10.0 Å². The van der Waals surface area contributed by atoms with Crippen molar-refractivity contribution < 1.29 is 22.7 Å². The Labute approximate surface area is 134 Å². The lowest BCUT2D eigenvalue weighted by atomic mass is 10.2. The standard InChI is InChI=1S/C12H12BrNO5S2/c1-6-10(12(15)16)11(7(2)19-6)21(17,18)14-5-9-8(13)3-4-20-9/h3-4,14H,5H2,1-2H3,(H,15,16). The SMILES string of the molecule is Cc1oc(C)c(S(=O)(=O)NCc2sccc2Br)c1C(=O)O. The predicted octanol–water partition coefficient (Wildman–Crippen LogP) is 2.90. The molecule has 0 saturated carbocycles. The van der Waals surface area contributed by atoms with E-state index in [-0.39, 0.29) is 28.5 Å². The second kappa shape index (κ2) is 5.91. The fourth-order valence-electron chi connectivity index (χ4n) is 1.92. The van der Waals surface area contributed by atoms with Crippen molar-refractivity contribution in [2.75, 3.05) is 0 Å². The maximum Gasteiger partial charge on any atom is 0.340 e. The van der Waals surface area contributed by atoms with E-state index in [0.717, 1.165) is 9.35 Å². The van der Waals surface area contributed by atoms with E-state index in [2.05, 4.69) is 20.7 Å². The van der Waals surface area contributed by atoms with E-state index in [9.17, 15) is 13.2 Å². The predicted molar refractivity (Wildman–Crippen MR) is 81.2 cm³/mol. The van der Waals surface area contributed by atoms with Crippen molar-refractivity contribution in [1.29, 1.82) is 0 Å². The van der Waals surface area contributed by atoms with Crippen LogP contribution in [0.5, 0.6) is 0 Å². The van der Waals surface area contributed by atoms with Crippen LogP contribution in [-0.4, -0.2) is 19.5 Å². The van der Waals surface area contributed by atoms with Gasteiger partial charge in [-0.15, -0.1) is 11.3 Å². The zero-order chi connectivity index (χ0) is 15.8. The number of thiophene rings is 1. The van der Waals surface area contributed by atoms with Crippen LogP contribution in [0.3, 0.4) is 0 Å². The number of carboxylic acid groups (broad SMARTS) is 1. The normalized spacial score (nSPS) is 11.8. The molecule has 0 atom stereocenters. The van der Waals surface area contributed by atoms with Crippen LogP contribution in [0.2, 0.25) is 0 Å². The minimum Gasteiger partial charge on any atom is -0.478 e. The maximum atomic E-state index is 12.4. The molecule has 21 heavy (non-hydrogen) atoms. The Bertz CT molecular complexity index is 791. The molecular weight excluding hydrogens is 382 g/mol. The summed E-state index contributed by atoms with van der Waals surface area (Å²) < 4.78 is 33.1. The molecule has 0 amide bonds. The van der Waals surface area contributed by atoms with Crippen LogP contribution >= 0.6 is 27.3 Å². The van der Waals surface area contributed by atoms with Crippen LogP contribution in [0, 0.1) is 13.8 Å². The molecule has 0 bridgehead atoms. The van der Waals surface area contributed by atoms with E-state index in [0.29, 0.717) is 0 Å². The third-order valence-electron chi connectivity index (χ3n) is 2.80. The Kier molecular flexibility index (Phi) is 4.57. The van der Waals surface area contributed by atoms with Gasteiger partial charge in [0.15, 0.2) is 0 Å². The average Bonchev–Trinajstić information content (AvgIpc) is 2.90. The summed E-state index contributed by atoms with van der Waals surface area (Å²) in [5.41, 5.74) is -0.328. The van der Waals surface area contributed by atoms with Gasteiger partial charge >= 0.3 is 5.97 Å². The summed E-state index contributed by atoms with van der Waals surface area (Å²) in [4.78, 5) is 11.7. The maximum absolute atomic E-state index is 12.4. The molecular formula is C12H12BrNO5S2. The summed E-state index contributed by atoms with van der Waals surface area (Å²) in [5, 5.41) is 11.0. The lowest BCUT2D eigenvalue weighted by Gasteiger charge is -2.06. The smallest absolute Gasteiger partial charge is 0.340 e. The number of furan rings is 1. The van der Waals surface area contributed by atoms with Crippen LogP contribution in [0.1, 0.15) is 26.8 Å². The number of hydrogen-bond acceptors (Lipinski definition) is 5. The Hall–Kier alpha value is -1.16. The van der Waals surface area contributed by atoms with Crippen molar-refractivity contribution in [3.63, 3.8) is 0 Å². The van der Waals surface area contributed by atoms with E-state index in [1.165, 1.54) is 25.2 Å². The van der Waals surface area contributed by atoms with Gasteiger partial charge in [-0.2, -0.15) is 0 Å². The summed E-state index contributed by atoms with van der Waals surface area (Å²) in [7, 11) is -3.98. The Morgan fingerprint density at radius 1 is 1.43 bits per heavy atom. The average molecular weight is 394 g/mol. The zero-order valence-corrected chi connectivity index (χ0v) is 14.4. The number of aryl methyl sites for hydroxylation is 2. The molecule has 0 aliphatic rings. The highest BCUT2D eigenvalue weighted by Crippen LogP contribution is 2.28. The number of nitrogens with one attached hydrogen (secondary N) is 1. The molecule has 6 nitrogen and oxygen atoms in total. The molecule has 0 unspecified atom stereocenters. The molecule has 0 fully saturated rings. The molecule has 2 rings (SSSR count). The lowest BCUT2D eigenvalue weighted by Crippen LogP contribution is -2.25. The number of sulfonamides is 1. The summed E-state index contributed by atoms with van der Waals surface area (Å²) in [5.74, 6) is -1.21. The van der Waals surface area contributed by atoms with Crippen LogP contribution < -0.4 is 4.72 Å². The van der Waals surface area contributed by atoms with Crippen molar-refractivity contribution >= 4 is 43.3 Å². The molecule has 0 aliphatic heterocycles. The minimum atomic E-state index is -3.98. The molecule has 0 spiro atoms. The highest BCUT2D eigenvalue weighted by atomic mass is 79.9. The number of carbonyl (C=O) groups is 1. The van der Waals surface area contributed by atoms with Gasteiger partial charge in [0, 0.05) is 15.9 Å². The van der Waals surface area contributed by atoms with E-state index in [4.69, 9.17) is 9.52 Å². The van der Waals surface area contributed by atoms with Gasteiger partial charge in [-0.1, -0.05) is 0 Å². The zero-order valence-electron chi connectivity index (χ0n) is 11.1. The van der Waals surface area contributed by atoms with Crippen molar-refractivity contribution in [2.24, 2.45) is 0 Å². The van der Waals surface area contributed by atoms with Gasteiger partial charge in [-0.3, -0.25) is 0 Å². The van der Waals surface area contributed by atoms with Crippen molar-refractivity contribution in [3.05, 3.63) is 37.9 Å². The largest absolute Gasteiger partial charge is 0.478 e. The first kappa shape index (κ1) is 16.2. The van der Waals surface area contributed by atoms with Gasteiger partial charge in [0.05, 0.1) is 0 Å². The Morgan fingerprint density at radius 2 is 2.10 bits per heavy atom. The summed E-state index contributed by atoms with van der Waals surface area (Å²) in [6.07, 6.45) is 0. The fraction of sp³-hybridized carbons (Fsp3) is 0.250. The van der Waals surface area contributed by atoms with Crippen molar-refractivity contribution in [3.8, 4) is 0 Å². The molecule has 2 aromatic heterocycles. The summed E-state index contributed by atoms with van der Waals surface area (Å²) in [6.45, 7) is 2.92. The summed E-state index contributed by atoms with van der Waals surface area (Å²) in [6, 6.07) is 1.81. The molecule has 2 heterocycles. The van der Waals surface area contributed by atoms with Crippen LogP contribution in [0.25, 0.3) is 0 Å². The minimum absolute atomic E-state index is 0.0580. The van der Waals surface area contributed by atoms with E-state index in [1.807, 2.05) is 11.4 Å². The molecule has 0 saturated heterocycles. The topological polar surface area (TPSA) is 96.6 Å². The van der Waals surface area contributed by atoms with Gasteiger partial charge in [-0.05, 0) is 41.2 Å². The van der Waals surface area contributed by atoms with Crippen molar-refractivity contribution in [2.45, 2.75) is 25.3 Å². The first-order chi connectivity index (χ1) is 9.74. The van der Waals surface area contributed by atoms with E-state index >= 15 is 0 Å². The van der Waals surface area contributed by atoms with Crippen LogP contribution in [0.4, 0.5) is 0 Å². The monoisotopic (exact) mass is 393 g/mol. The summed E-state index contributed by atoms with van der Waals surface area (Å²) >= 11 is 4.70. The van der Waals surface area contributed by atoms with Crippen LogP contribution in [-0.2, 0) is 16.6 Å². The molecule has 0 aliphatic carbocycles. The van der Waals surface area contributed by atoms with Gasteiger partial charge in [0.25, 0.3) is 0 Å². The number of hydrogen-bond donors (Lipinski definition) is 2. The van der Waals surface area contributed by atoms with Gasteiger partial charge in [-0.25, -0.2) is 17.9 Å². The lowest BCUT2D eigenvalue weighted by molar-refractivity contribution is 0.0691. The third kappa shape index (κ3) is 3.20. The molecule has 2 N–H and O–H groups in total. The highest BCUT2D eigenvalue weighted by Gasteiger charge is 2.30. The fourth-order valence-corrected chi connectivity index (χ4v) is 4.84.